The standard InChI is InChI=1S/C21H18FN3O3/c1-26-14-8-18(27-2)20(19(9-14)28-3)15-10-17(25-21(24)16(15)11-23)12-4-6-13(22)7-5-12/h4-10H,1-3H3,(H2,24,25). The summed E-state index contributed by atoms with van der Waals surface area (Å²) in [7, 11) is 4.55. The van der Waals surface area contributed by atoms with Crippen molar-refractivity contribution in [1.29, 1.82) is 5.26 Å². The smallest absolute Gasteiger partial charge is 0.142 e. The van der Waals surface area contributed by atoms with E-state index in [2.05, 4.69) is 11.1 Å². The van der Waals surface area contributed by atoms with E-state index in [4.69, 9.17) is 19.9 Å². The number of nitrogens with two attached hydrogens (primary N) is 1. The molecule has 3 aromatic rings. The summed E-state index contributed by atoms with van der Waals surface area (Å²) >= 11 is 0. The fourth-order valence-corrected chi connectivity index (χ4v) is 2.92. The van der Waals surface area contributed by atoms with E-state index in [0.717, 1.165) is 0 Å². The van der Waals surface area contributed by atoms with Crippen molar-refractivity contribution >= 4 is 5.82 Å². The molecule has 28 heavy (non-hydrogen) atoms. The van der Waals surface area contributed by atoms with E-state index in [1.54, 1.807) is 30.3 Å². The molecule has 3 rings (SSSR count). The van der Waals surface area contributed by atoms with Gasteiger partial charge in [-0.3, -0.25) is 0 Å². The molecule has 0 amide bonds. The predicted molar refractivity (Wildman–Crippen MR) is 104 cm³/mol. The molecule has 0 saturated carbocycles. The van der Waals surface area contributed by atoms with Gasteiger partial charge in [0.05, 0.1) is 32.6 Å². The van der Waals surface area contributed by atoms with Crippen LogP contribution in [0.5, 0.6) is 17.2 Å². The van der Waals surface area contributed by atoms with Gasteiger partial charge in [-0.25, -0.2) is 9.37 Å². The number of aromatic nitrogens is 1. The molecule has 0 aliphatic rings. The van der Waals surface area contributed by atoms with E-state index >= 15 is 0 Å². The van der Waals surface area contributed by atoms with Crippen LogP contribution in [0.2, 0.25) is 0 Å². The first kappa shape index (κ1) is 19.0. The molecule has 0 bridgehead atoms. The van der Waals surface area contributed by atoms with Crippen molar-refractivity contribution in [2.24, 2.45) is 0 Å². The van der Waals surface area contributed by atoms with Gasteiger partial charge in [-0.1, -0.05) is 0 Å². The minimum Gasteiger partial charge on any atom is -0.496 e. The van der Waals surface area contributed by atoms with Crippen LogP contribution in [0, 0.1) is 17.1 Å². The van der Waals surface area contributed by atoms with Crippen molar-refractivity contribution in [1.82, 2.24) is 4.98 Å². The topological polar surface area (TPSA) is 90.4 Å². The maximum Gasteiger partial charge on any atom is 0.142 e. The molecule has 0 spiro atoms. The Morgan fingerprint density at radius 2 is 1.57 bits per heavy atom. The van der Waals surface area contributed by atoms with Gasteiger partial charge in [0.25, 0.3) is 0 Å². The SMILES string of the molecule is COc1cc(OC)c(-c2cc(-c3ccc(F)cc3)nc(N)c2C#N)c(OC)c1. The number of methoxy groups -OCH3 is 3. The minimum atomic E-state index is -0.357. The van der Waals surface area contributed by atoms with Gasteiger partial charge >= 0.3 is 0 Å². The Bertz CT molecular complexity index is 1030. The number of nitriles is 1. The highest BCUT2D eigenvalue weighted by molar-refractivity contribution is 5.87. The summed E-state index contributed by atoms with van der Waals surface area (Å²) in [6, 6.07) is 13.0. The van der Waals surface area contributed by atoms with E-state index in [1.165, 1.54) is 33.5 Å². The Hall–Kier alpha value is -3.79. The summed E-state index contributed by atoms with van der Waals surface area (Å²) in [5.41, 5.74) is 8.43. The van der Waals surface area contributed by atoms with Crippen LogP contribution in [-0.2, 0) is 0 Å². The fourth-order valence-electron chi connectivity index (χ4n) is 2.92. The number of hydrogen-bond donors (Lipinski definition) is 1. The maximum absolute atomic E-state index is 13.3. The molecule has 0 radical (unpaired) electrons. The highest BCUT2D eigenvalue weighted by atomic mass is 19.1. The van der Waals surface area contributed by atoms with Gasteiger partial charge < -0.3 is 19.9 Å². The van der Waals surface area contributed by atoms with Crippen LogP contribution in [-0.4, -0.2) is 26.3 Å². The monoisotopic (exact) mass is 379 g/mol. The van der Waals surface area contributed by atoms with E-state index < -0.39 is 0 Å². The van der Waals surface area contributed by atoms with Gasteiger partial charge in [-0.2, -0.15) is 5.26 Å². The Balaban J connectivity index is 2.32. The lowest BCUT2D eigenvalue weighted by molar-refractivity contribution is 0.377. The second-order valence-electron chi connectivity index (χ2n) is 5.84. The Kier molecular flexibility index (Phi) is 5.32. The van der Waals surface area contributed by atoms with E-state index in [9.17, 15) is 9.65 Å². The van der Waals surface area contributed by atoms with Crippen LogP contribution in [0.25, 0.3) is 22.4 Å². The quantitative estimate of drug-likeness (QED) is 0.720. The molecule has 7 heteroatoms. The number of anilines is 1. The normalized spacial score (nSPS) is 10.2. The fraction of sp³-hybridized carbons (Fsp3) is 0.143. The van der Waals surface area contributed by atoms with Gasteiger partial charge in [0, 0.05) is 23.3 Å². The molecule has 0 atom stereocenters. The molecule has 0 aliphatic carbocycles. The van der Waals surface area contributed by atoms with Crippen LogP contribution in [0.4, 0.5) is 10.2 Å². The number of nitrogen functional groups attached to an aromatic ring is 1. The molecule has 0 unspecified atom stereocenters. The van der Waals surface area contributed by atoms with Crippen LogP contribution in [0.15, 0.2) is 42.5 Å². The zero-order chi connectivity index (χ0) is 20.3. The number of hydrogen-bond acceptors (Lipinski definition) is 6. The van der Waals surface area contributed by atoms with Crippen molar-refractivity contribution in [3.05, 3.63) is 53.8 Å². The van der Waals surface area contributed by atoms with Crippen molar-refractivity contribution < 1.29 is 18.6 Å². The van der Waals surface area contributed by atoms with Crippen molar-refractivity contribution in [3.63, 3.8) is 0 Å². The molecular formula is C21H18FN3O3. The molecule has 2 N–H and O–H groups in total. The molecule has 0 aliphatic heterocycles. The number of nitrogens with zero attached hydrogens (tertiary/aromatic N) is 2. The van der Waals surface area contributed by atoms with E-state index in [0.29, 0.717) is 39.6 Å². The number of pyridine rings is 1. The van der Waals surface area contributed by atoms with E-state index in [1.807, 2.05) is 0 Å². The molecule has 2 aromatic carbocycles. The third-order valence-electron chi connectivity index (χ3n) is 4.28. The number of halogens is 1. The second-order valence-corrected chi connectivity index (χ2v) is 5.84. The zero-order valence-electron chi connectivity index (χ0n) is 15.6. The van der Waals surface area contributed by atoms with Crippen LogP contribution in [0.1, 0.15) is 5.56 Å². The number of rotatable bonds is 5. The zero-order valence-corrected chi connectivity index (χ0v) is 15.6. The van der Waals surface area contributed by atoms with Crippen LogP contribution in [0.3, 0.4) is 0 Å². The second kappa shape index (κ2) is 7.84. The summed E-state index contributed by atoms with van der Waals surface area (Å²) < 4.78 is 29.6. The number of ether oxygens (including phenoxy) is 3. The molecule has 1 aromatic heterocycles. The molecule has 1 heterocycles. The van der Waals surface area contributed by atoms with Gasteiger partial charge in [0.2, 0.25) is 0 Å². The van der Waals surface area contributed by atoms with Crippen molar-refractivity contribution in [3.8, 4) is 45.7 Å². The summed E-state index contributed by atoms with van der Waals surface area (Å²) in [6.07, 6.45) is 0. The Morgan fingerprint density at radius 1 is 0.964 bits per heavy atom. The minimum absolute atomic E-state index is 0.0549. The first-order valence-corrected chi connectivity index (χ1v) is 8.29. The van der Waals surface area contributed by atoms with E-state index in [-0.39, 0.29) is 17.2 Å². The highest BCUT2D eigenvalue weighted by Crippen LogP contribution is 2.44. The molecule has 6 nitrogen and oxygen atoms in total. The largest absolute Gasteiger partial charge is 0.496 e. The maximum atomic E-state index is 13.3. The number of benzene rings is 2. The highest BCUT2D eigenvalue weighted by Gasteiger charge is 2.21. The third-order valence-corrected chi connectivity index (χ3v) is 4.28. The van der Waals surface area contributed by atoms with Gasteiger partial charge in [-0.05, 0) is 30.3 Å². The molecule has 0 fully saturated rings. The van der Waals surface area contributed by atoms with Crippen molar-refractivity contribution in [2.45, 2.75) is 0 Å². The van der Waals surface area contributed by atoms with Gasteiger partial charge in [0.15, 0.2) is 0 Å². The predicted octanol–water partition coefficient (Wildman–Crippen LogP) is 4.03. The summed E-state index contributed by atoms with van der Waals surface area (Å²) in [5.74, 6) is 1.13. The first-order valence-electron chi connectivity index (χ1n) is 8.29. The molecular weight excluding hydrogens is 361 g/mol. The van der Waals surface area contributed by atoms with Crippen LogP contribution < -0.4 is 19.9 Å². The lowest BCUT2D eigenvalue weighted by Crippen LogP contribution is -2.02. The van der Waals surface area contributed by atoms with Crippen molar-refractivity contribution in [2.75, 3.05) is 27.1 Å². The average molecular weight is 379 g/mol. The summed E-state index contributed by atoms with van der Waals surface area (Å²) in [6.45, 7) is 0. The van der Waals surface area contributed by atoms with Gasteiger partial charge in [-0.15, -0.1) is 0 Å². The lowest BCUT2D eigenvalue weighted by atomic mass is 9.96. The summed E-state index contributed by atoms with van der Waals surface area (Å²) in [5, 5.41) is 9.66. The molecule has 0 saturated heterocycles. The third kappa shape index (κ3) is 3.40. The first-order chi connectivity index (χ1) is 13.5. The lowest BCUT2D eigenvalue weighted by Gasteiger charge is -2.17. The Morgan fingerprint density at radius 3 is 2.07 bits per heavy atom. The summed E-state index contributed by atoms with van der Waals surface area (Å²) in [4.78, 5) is 4.30. The van der Waals surface area contributed by atoms with Crippen LogP contribution >= 0.6 is 0 Å². The van der Waals surface area contributed by atoms with Gasteiger partial charge in [0.1, 0.15) is 40.5 Å². The average Bonchev–Trinajstić information content (AvgIpc) is 2.72. The Labute approximate surface area is 161 Å². The molecule has 142 valence electrons.